The van der Waals surface area contributed by atoms with Crippen LogP contribution in [-0.4, -0.2) is 51.3 Å². The van der Waals surface area contributed by atoms with Crippen molar-refractivity contribution < 1.29 is 4.74 Å². The second-order valence-electron chi connectivity index (χ2n) is 5.25. The van der Waals surface area contributed by atoms with Gasteiger partial charge in [-0.1, -0.05) is 6.07 Å². The molecule has 1 heterocycles. The van der Waals surface area contributed by atoms with Gasteiger partial charge in [-0.25, -0.2) is 0 Å². The van der Waals surface area contributed by atoms with Crippen LogP contribution in [0.15, 0.2) is 12.1 Å². The molecule has 0 atom stereocenters. The van der Waals surface area contributed by atoms with Crippen molar-refractivity contribution in [2.24, 2.45) is 5.73 Å². The Morgan fingerprint density at radius 2 is 1.84 bits per heavy atom. The predicted molar refractivity (Wildman–Crippen MR) is 80.2 cm³/mol. The average molecular weight is 263 g/mol. The molecule has 19 heavy (non-hydrogen) atoms. The molecule has 0 aliphatic carbocycles. The Hall–Kier alpha value is -1.26. The molecule has 2 N–H and O–H groups in total. The number of piperazine rings is 1. The van der Waals surface area contributed by atoms with E-state index in [2.05, 4.69) is 35.8 Å². The quantitative estimate of drug-likeness (QED) is 0.891. The third-order valence-corrected chi connectivity index (χ3v) is 3.76. The van der Waals surface area contributed by atoms with Crippen LogP contribution in [0.4, 0.5) is 5.69 Å². The van der Waals surface area contributed by atoms with Gasteiger partial charge < -0.3 is 15.4 Å². The minimum absolute atomic E-state index is 0.743. The third kappa shape index (κ3) is 3.19. The van der Waals surface area contributed by atoms with Gasteiger partial charge in [0.2, 0.25) is 0 Å². The second-order valence-corrected chi connectivity index (χ2v) is 5.25. The molecule has 0 saturated carbocycles. The summed E-state index contributed by atoms with van der Waals surface area (Å²) in [6.07, 6.45) is 0. The number of anilines is 1. The predicted octanol–water partition coefficient (Wildman–Crippen LogP) is 1.39. The zero-order valence-electron chi connectivity index (χ0n) is 12.3. The summed E-state index contributed by atoms with van der Waals surface area (Å²) in [5, 5.41) is 0. The van der Waals surface area contributed by atoms with Crippen molar-refractivity contribution in [1.29, 1.82) is 0 Å². The molecule has 1 saturated heterocycles. The third-order valence-electron chi connectivity index (χ3n) is 3.76. The summed E-state index contributed by atoms with van der Waals surface area (Å²) >= 11 is 0. The van der Waals surface area contributed by atoms with E-state index in [1.807, 2.05) is 0 Å². The van der Waals surface area contributed by atoms with Crippen LogP contribution in [0.25, 0.3) is 0 Å². The van der Waals surface area contributed by atoms with E-state index >= 15 is 0 Å². The molecule has 0 unspecified atom stereocenters. The Labute approximate surface area is 116 Å². The largest absolute Gasteiger partial charge is 0.494 e. The molecule has 0 aromatic heterocycles. The van der Waals surface area contributed by atoms with Crippen molar-refractivity contribution in [2.75, 3.05) is 51.3 Å². The SMILES string of the molecule is COc1c(C)cc(C)cc1N1CCN(CCN)CC1. The number of benzene rings is 1. The first-order valence-corrected chi connectivity index (χ1v) is 6.98. The van der Waals surface area contributed by atoms with E-state index in [0.29, 0.717) is 0 Å². The fourth-order valence-electron chi connectivity index (χ4n) is 2.83. The normalized spacial score (nSPS) is 16.7. The first-order chi connectivity index (χ1) is 9.15. The van der Waals surface area contributed by atoms with Crippen LogP contribution in [0.2, 0.25) is 0 Å². The van der Waals surface area contributed by atoms with Gasteiger partial charge >= 0.3 is 0 Å². The number of nitrogens with two attached hydrogens (primary N) is 1. The molecule has 0 bridgehead atoms. The topological polar surface area (TPSA) is 41.7 Å². The van der Waals surface area contributed by atoms with E-state index < -0.39 is 0 Å². The Bertz CT molecular complexity index is 426. The van der Waals surface area contributed by atoms with Gasteiger partial charge in [-0.3, -0.25) is 4.90 Å². The van der Waals surface area contributed by atoms with Crippen LogP contribution in [0.1, 0.15) is 11.1 Å². The maximum absolute atomic E-state index is 5.62. The fraction of sp³-hybridized carbons (Fsp3) is 0.600. The van der Waals surface area contributed by atoms with Crippen LogP contribution in [0.5, 0.6) is 5.75 Å². The number of aryl methyl sites for hydroxylation is 2. The first-order valence-electron chi connectivity index (χ1n) is 6.98. The highest BCUT2D eigenvalue weighted by molar-refractivity contribution is 5.63. The molecular formula is C15H25N3O. The Balaban J connectivity index is 2.15. The van der Waals surface area contributed by atoms with Gasteiger partial charge in [0.15, 0.2) is 0 Å². The molecule has 0 amide bonds. The first kappa shape index (κ1) is 14.2. The highest BCUT2D eigenvalue weighted by atomic mass is 16.5. The molecule has 4 heteroatoms. The summed E-state index contributed by atoms with van der Waals surface area (Å²) in [5.74, 6) is 1.01. The molecule has 1 fully saturated rings. The van der Waals surface area contributed by atoms with E-state index in [9.17, 15) is 0 Å². The van der Waals surface area contributed by atoms with E-state index in [-0.39, 0.29) is 0 Å². The van der Waals surface area contributed by atoms with Gasteiger partial charge in [0.05, 0.1) is 12.8 Å². The maximum atomic E-state index is 5.62. The van der Waals surface area contributed by atoms with Crippen LogP contribution in [-0.2, 0) is 0 Å². The minimum atomic E-state index is 0.743. The Morgan fingerprint density at radius 3 is 2.42 bits per heavy atom. The molecule has 2 rings (SSSR count). The maximum Gasteiger partial charge on any atom is 0.145 e. The highest BCUT2D eigenvalue weighted by Crippen LogP contribution is 2.33. The lowest BCUT2D eigenvalue weighted by molar-refractivity contribution is 0.264. The molecule has 1 aromatic carbocycles. The van der Waals surface area contributed by atoms with E-state index in [1.165, 1.54) is 16.8 Å². The lowest BCUT2D eigenvalue weighted by atomic mass is 10.1. The zero-order chi connectivity index (χ0) is 13.8. The lowest BCUT2D eigenvalue weighted by Crippen LogP contribution is -2.47. The fourth-order valence-corrected chi connectivity index (χ4v) is 2.83. The van der Waals surface area contributed by atoms with Crippen molar-refractivity contribution >= 4 is 5.69 Å². The van der Waals surface area contributed by atoms with Crippen LogP contribution >= 0.6 is 0 Å². The zero-order valence-corrected chi connectivity index (χ0v) is 12.3. The van der Waals surface area contributed by atoms with Gasteiger partial charge in [-0.2, -0.15) is 0 Å². The van der Waals surface area contributed by atoms with Gasteiger partial charge in [0.25, 0.3) is 0 Å². The molecule has 1 aliphatic heterocycles. The van der Waals surface area contributed by atoms with Crippen molar-refractivity contribution in [3.05, 3.63) is 23.3 Å². The van der Waals surface area contributed by atoms with Crippen LogP contribution < -0.4 is 15.4 Å². The van der Waals surface area contributed by atoms with E-state index in [4.69, 9.17) is 10.5 Å². The van der Waals surface area contributed by atoms with E-state index in [1.54, 1.807) is 7.11 Å². The monoisotopic (exact) mass is 263 g/mol. The van der Waals surface area contributed by atoms with E-state index in [0.717, 1.165) is 45.0 Å². The molecule has 0 radical (unpaired) electrons. The smallest absolute Gasteiger partial charge is 0.145 e. The average Bonchev–Trinajstić information content (AvgIpc) is 2.39. The summed E-state index contributed by atoms with van der Waals surface area (Å²) in [6.45, 7) is 10.2. The minimum Gasteiger partial charge on any atom is -0.494 e. The number of ether oxygens (including phenoxy) is 1. The van der Waals surface area contributed by atoms with Crippen molar-refractivity contribution in [1.82, 2.24) is 4.90 Å². The molecule has 1 aromatic rings. The molecule has 106 valence electrons. The summed E-state index contributed by atoms with van der Waals surface area (Å²) in [6, 6.07) is 4.40. The second kappa shape index (κ2) is 6.26. The number of hydrogen-bond acceptors (Lipinski definition) is 4. The number of rotatable bonds is 4. The molecule has 0 spiro atoms. The van der Waals surface area contributed by atoms with Gasteiger partial charge in [0.1, 0.15) is 5.75 Å². The van der Waals surface area contributed by atoms with Gasteiger partial charge in [-0.05, 0) is 31.0 Å². The number of hydrogen-bond donors (Lipinski definition) is 1. The lowest BCUT2D eigenvalue weighted by Gasteiger charge is -2.36. The number of nitrogens with zero attached hydrogens (tertiary/aromatic N) is 2. The standard InChI is InChI=1S/C15H25N3O/c1-12-10-13(2)15(19-3)14(11-12)18-8-6-17(5-4-16)7-9-18/h10-11H,4-9,16H2,1-3H3. The van der Waals surface area contributed by atoms with Crippen LogP contribution in [0, 0.1) is 13.8 Å². The van der Waals surface area contributed by atoms with Crippen molar-refractivity contribution in [3.63, 3.8) is 0 Å². The Kier molecular flexibility index (Phi) is 4.66. The molecular weight excluding hydrogens is 238 g/mol. The van der Waals surface area contributed by atoms with Crippen molar-refractivity contribution in [3.8, 4) is 5.75 Å². The summed E-state index contributed by atoms with van der Waals surface area (Å²) in [7, 11) is 1.76. The number of methoxy groups -OCH3 is 1. The van der Waals surface area contributed by atoms with Crippen molar-refractivity contribution in [2.45, 2.75) is 13.8 Å². The van der Waals surface area contributed by atoms with Gasteiger partial charge in [0, 0.05) is 39.3 Å². The van der Waals surface area contributed by atoms with Gasteiger partial charge in [-0.15, -0.1) is 0 Å². The highest BCUT2D eigenvalue weighted by Gasteiger charge is 2.20. The molecule has 1 aliphatic rings. The molecule has 4 nitrogen and oxygen atoms in total. The summed E-state index contributed by atoms with van der Waals surface area (Å²) in [5.41, 5.74) is 9.34. The summed E-state index contributed by atoms with van der Waals surface area (Å²) < 4.78 is 5.58. The van der Waals surface area contributed by atoms with Crippen LogP contribution in [0.3, 0.4) is 0 Å². The summed E-state index contributed by atoms with van der Waals surface area (Å²) in [4.78, 5) is 4.84. The Morgan fingerprint density at radius 1 is 1.16 bits per heavy atom.